The van der Waals surface area contributed by atoms with Crippen molar-refractivity contribution >= 4 is 22.7 Å². The number of aliphatic hydroxyl groups is 1. The molecule has 4 aromatic rings. The first-order chi connectivity index (χ1) is 21.2. The van der Waals surface area contributed by atoms with Gasteiger partial charge in [-0.3, -0.25) is 14.6 Å². The SMILES string of the molecule is CCCN(CCC)C(=O)c1cc(C)cc(C(=O)N[C@@H](Cc2cc(F)cc(F)c2)[C@H](O)CNCc2ccc3ccccc3n2)c1. The highest BCUT2D eigenvalue weighted by molar-refractivity contribution is 6.00. The lowest BCUT2D eigenvalue weighted by Gasteiger charge is -2.25. The van der Waals surface area contributed by atoms with Crippen molar-refractivity contribution < 1.29 is 23.5 Å². The van der Waals surface area contributed by atoms with Crippen molar-refractivity contribution in [3.05, 3.63) is 112 Å². The number of pyridine rings is 1. The molecule has 0 saturated carbocycles. The standard InChI is InChI=1S/C35H40F2N4O3/c1-4-12-41(13-5-2)35(44)27-15-23(3)14-26(19-27)34(43)40-32(18-24-16-28(36)20-29(37)17-24)33(42)22-38-21-30-11-10-25-8-6-7-9-31(25)39-30/h6-11,14-17,19-20,32-33,38,42H,4-5,12-13,18,21-22H2,1-3H3,(H,40,43)/t32-,33+/m0/s1. The molecule has 0 unspecified atom stereocenters. The van der Waals surface area contributed by atoms with Crippen LogP contribution < -0.4 is 10.6 Å². The van der Waals surface area contributed by atoms with Crippen molar-refractivity contribution in [3.8, 4) is 0 Å². The number of aromatic nitrogens is 1. The Morgan fingerprint density at radius 2 is 1.59 bits per heavy atom. The molecule has 0 aliphatic carbocycles. The van der Waals surface area contributed by atoms with Gasteiger partial charge in [-0.05, 0) is 79.8 Å². The van der Waals surface area contributed by atoms with Gasteiger partial charge >= 0.3 is 0 Å². The number of para-hydroxylation sites is 1. The van der Waals surface area contributed by atoms with E-state index in [9.17, 15) is 23.5 Å². The zero-order valence-corrected chi connectivity index (χ0v) is 25.4. The lowest BCUT2D eigenvalue weighted by Crippen LogP contribution is -2.48. The van der Waals surface area contributed by atoms with Crippen LogP contribution in [0.5, 0.6) is 0 Å². The smallest absolute Gasteiger partial charge is 0.253 e. The van der Waals surface area contributed by atoms with Gasteiger partial charge in [0.2, 0.25) is 0 Å². The third kappa shape index (κ3) is 8.90. The second kappa shape index (κ2) is 15.5. The van der Waals surface area contributed by atoms with E-state index in [0.29, 0.717) is 25.2 Å². The molecule has 0 radical (unpaired) electrons. The van der Waals surface area contributed by atoms with E-state index < -0.39 is 29.7 Å². The Kier molecular flexibility index (Phi) is 11.5. The number of carbonyl (C=O) groups excluding carboxylic acids is 2. The van der Waals surface area contributed by atoms with Crippen molar-refractivity contribution in [2.45, 2.75) is 58.7 Å². The van der Waals surface area contributed by atoms with Crippen LogP contribution in [0.2, 0.25) is 0 Å². The predicted octanol–water partition coefficient (Wildman–Crippen LogP) is 5.58. The summed E-state index contributed by atoms with van der Waals surface area (Å²) in [6.07, 6.45) is 0.503. The summed E-state index contributed by atoms with van der Waals surface area (Å²) in [6.45, 7) is 7.50. The quantitative estimate of drug-likeness (QED) is 0.175. The molecule has 44 heavy (non-hydrogen) atoms. The second-order valence-corrected chi connectivity index (χ2v) is 11.1. The van der Waals surface area contributed by atoms with Crippen molar-refractivity contribution in [1.29, 1.82) is 0 Å². The molecule has 0 saturated heterocycles. The first-order valence-corrected chi connectivity index (χ1v) is 15.1. The molecule has 0 aliphatic heterocycles. The molecule has 4 rings (SSSR count). The average Bonchev–Trinajstić information content (AvgIpc) is 2.99. The number of halogens is 2. The summed E-state index contributed by atoms with van der Waals surface area (Å²) in [5, 5.41) is 18.2. The summed E-state index contributed by atoms with van der Waals surface area (Å²) in [7, 11) is 0. The van der Waals surface area contributed by atoms with Gasteiger partial charge in [-0.25, -0.2) is 8.78 Å². The molecule has 232 valence electrons. The number of benzene rings is 3. The molecule has 0 fully saturated rings. The molecule has 2 atom stereocenters. The number of fused-ring (bicyclic) bond motifs is 1. The van der Waals surface area contributed by atoms with Gasteiger partial charge in [-0.2, -0.15) is 0 Å². The molecule has 3 N–H and O–H groups in total. The van der Waals surface area contributed by atoms with Gasteiger partial charge in [0, 0.05) is 48.8 Å². The molecular weight excluding hydrogens is 562 g/mol. The van der Waals surface area contributed by atoms with Crippen LogP contribution in [0.1, 0.15) is 64.2 Å². The van der Waals surface area contributed by atoms with Gasteiger partial charge in [0.1, 0.15) is 11.6 Å². The summed E-state index contributed by atoms with van der Waals surface area (Å²) < 4.78 is 28.0. The van der Waals surface area contributed by atoms with E-state index in [0.717, 1.165) is 41.1 Å². The van der Waals surface area contributed by atoms with Crippen molar-refractivity contribution in [3.63, 3.8) is 0 Å². The summed E-state index contributed by atoms with van der Waals surface area (Å²) >= 11 is 0. The highest BCUT2D eigenvalue weighted by Gasteiger charge is 2.24. The lowest BCUT2D eigenvalue weighted by atomic mass is 9.99. The van der Waals surface area contributed by atoms with Crippen LogP contribution in [0.15, 0.2) is 72.8 Å². The Hall–Kier alpha value is -4.21. The number of hydrogen-bond acceptors (Lipinski definition) is 5. The van der Waals surface area contributed by atoms with E-state index in [2.05, 4.69) is 15.6 Å². The van der Waals surface area contributed by atoms with Crippen LogP contribution in [0.4, 0.5) is 8.78 Å². The minimum Gasteiger partial charge on any atom is -0.390 e. The highest BCUT2D eigenvalue weighted by atomic mass is 19.1. The van der Waals surface area contributed by atoms with E-state index in [1.54, 1.807) is 23.1 Å². The summed E-state index contributed by atoms with van der Waals surface area (Å²) in [5.41, 5.74) is 3.33. The van der Waals surface area contributed by atoms with E-state index >= 15 is 0 Å². The second-order valence-electron chi connectivity index (χ2n) is 11.1. The highest BCUT2D eigenvalue weighted by Crippen LogP contribution is 2.17. The Balaban J connectivity index is 1.51. The topological polar surface area (TPSA) is 94.6 Å². The average molecular weight is 603 g/mol. The van der Waals surface area contributed by atoms with Crippen LogP contribution in [0, 0.1) is 18.6 Å². The number of aliphatic hydroxyl groups excluding tert-OH is 1. The molecule has 0 spiro atoms. The number of amides is 2. The molecular formula is C35H40F2N4O3. The largest absolute Gasteiger partial charge is 0.390 e. The monoisotopic (exact) mass is 602 g/mol. The summed E-state index contributed by atoms with van der Waals surface area (Å²) in [5.74, 6) is -2.14. The molecule has 0 bridgehead atoms. The normalized spacial score (nSPS) is 12.6. The molecule has 1 heterocycles. The molecule has 3 aromatic carbocycles. The number of aryl methyl sites for hydroxylation is 1. The van der Waals surface area contributed by atoms with Crippen molar-refractivity contribution in [2.75, 3.05) is 19.6 Å². The van der Waals surface area contributed by atoms with Crippen LogP contribution in [-0.2, 0) is 13.0 Å². The maximum atomic E-state index is 14.0. The van der Waals surface area contributed by atoms with Crippen molar-refractivity contribution in [2.24, 2.45) is 0 Å². The zero-order valence-electron chi connectivity index (χ0n) is 25.4. The fraction of sp³-hybridized carbons (Fsp3) is 0.343. The van der Waals surface area contributed by atoms with Crippen LogP contribution >= 0.6 is 0 Å². The van der Waals surface area contributed by atoms with Gasteiger partial charge < -0.3 is 20.6 Å². The van der Waals surface area contributed by atoms with E-state index in [1.165, 1.54) is 12.1 Å². The Morgan fingerprint density at radius 3 is 2.30 bits per heavy atom. The zero-order chi connectivity index (χ0) is 31.6. The van der Waals surface area contributed by atoms with Gasteiger partial charge in [0.25, 0.3) is 11.8 Å². The van der Waals surface area contributed by atoms with Crippen LogP contribution in [-0.4, -0.2) is 58.6 Å². The molecule has 9 heteroatoms. The Bertz CT molecular complexity index is 1570. The van der Waals surface area contributed by atoms with E-state index in [4.69, 9.17) is 0 Å². The minimum absolute atomic E-state index is 0.0180. The number of carbonyl (C=O) groups is 2. The van der Waals surface area contributed by atoms with Crippen LogP contribution in [0.25, 0.3) is 10.9 Å². The third-order valence-corrected chi connectivity index (χ3v) is 7.34. The maximum Gasteiger partial charge on any atom is 0.253 e. The first kappa shape index (κ1) is 32.7. The fourth-order valence-corrected chi connectivity index (χ4v) is 5.29. The van der Waals surface area contributed by atoms with Crippen molar-refractivity contribution in [1.82, 2.24) is 20.5 Å². The number of hydrogen-bond donors (Lipinski definition) is 3. The molecule has 7 nitrogen and oxygen atoms in total. The Morgan fingerprint density at radius 1 is 0.909 bits per heavy atom. The minimum atomic E-state index is -1.11. The lowest BCUT2D eigenvalue weighted by molar-refractivity contribution is 0.0755. The predicted molar refractivity (Wildman–Crippen MR) is 168 cm³/mol. The van der Waals surface area contributed by atoms with E-state index in [1.807, 2.05) is 57.2 Å². The van der Waals surface area contributed by atoms with Crippen LogP contribution in [0.3, 0.4) is 0 Å². The third-order valence-electron chi connectivity index (χ3n) is 7.34. The fourth-order valence-electron chi connectivity index (χ4n) is 5.29. The molecule has 1 aromatic heterocycles. The number of nitrogens with zero attached hydrogens (tertiary/aromatic N) is 2. The number of rotatable bonds is 14. The van der Waals surface area contributed by atoms with Gasteiger partial charge in [0.05, 0.1) is 23.4 Å². The van der Waals surface area contributed by atoms with Gasteiger partial charge in [-0.1, -0.05) is 38.1 Å². The summed E-state index contributed by atoms with van der Waals surface area (Å²) in [6, 6.07) is 18.9. The Labute approximate surface area is 257 Å². The number of nitrogens with one attached hydrogen (secondary N) is 2. The van der Waals surface area contributed by atoms with E-state index in [-0.39, 0.29) is 30.0 Å². The van der Waals surface area contributed by atoms with Gasteiger partial charge in [-0.15, -0.1) is 0 Å². The molecule has 2 amide bonds. The maximum absolute atomic E-state index is 14.0. The molecule has 0 aliphatic rings. The first-order valence-electron chi connectivity index (χ1n) is 15.1. The van der Waals surface area contributed by atoms with Gasteiger partial charge in [0.15, 0.2) is 0 Å². The summed E-state index contributed by atoms with van der Waals surface area (Å²) in [4.78, 5) is 33.2.